The number of allylic oxidation sites excluding steroid dienone is 2. The van der Waals surface area contributed by atoms with Crippen LogP contribution >= 0.6 is 7.82 Å². The zero-order valence-electron chi connectivity index (χ0n) is 25.3. The average molecular weight is 592 g/mol. The lowest BCUT2D eigenvalue weighted by Crippen LogP contribution is -2.27. The Morgan fingerprint density at radius 3 is 1.93 bits per heavy atom. The Morgan fingerprint density at radius 1 is 0.750 bits per heavy atom. The summed E-state index contributed by atoms with van der Waals surface area (Å²) in [5.74, 6) is -0.534. The third kappa shape index (κ3) is 28.3. The van der Waals surface area contributed by atoms with E-state index in [2.05, 4.69) is 31.3 Å². The van der Waals surface area contributed by atoms with Gasteiger partial charge in [0.25, 0.3) is 0 Å². The highest BCUT2D eigenvalue weighted by Crippen LogP contribution is 2.42. The number of ether oxygens (including phenoxy) is 1. The summed E-state index contributed by atoms with van der Waals surface area (Å²) >= 11 is 0. The van der Waals surface area contributed by atoms with Crippen molar-refractivity contribution in [1.82, 2.24) is 5.32 Å². The van der Waals surface area contributed by atoms with Crippen LogP contribution in [0.3, 0.4) is 0 Å². The number of phosphoric acid groups is 1. The van der Waals surface area contributed by atoms with Crippen LogP contribution in [0.25, 0.3) is 0 Å². The van der Waals surface area contributed by atoms with Gasteiger partial charge in [-0.3, -0.25) is 18.6 Å². The standard InChI is InChI=1S/C30H58NO8P/c1-3-5-7-9-11-12-13-14-15-17-19-21-23-30(34)37-26-28(32)27-39-40(35,36)38-25-24-31-29(33)22-20-18-16-10-8-6-4-2/h11-12,28,32H,3-10,13-27H2,1-2H3,(H,31,33)(H,35,36)/b12-11-. The predicted molar refractivity (Wildman–Crippen MR) is 160 cm³/mol. The van der Waals surface area contributed by atoms with Crippen LogP contribution < -0.4 is 5.32 Å². The molecular weight excluding hydrogens is 533 g/mol. The first-order chi connectivity index (χ1) is 19.3. The first kappa shape index (κ1) is 38.8. The molecule has 0 bridgehead atoms. The molecule has 0 spiro atoms. The van der Waals surface area contributed by atoms with Gasteiger partial charge in [-0.25, -0.2) is 4.57 Å². The molecule has 0 aromatic rings. The second-order valence-corrected chi connectivity index (χ2v) is 11.9. The largest absolute Gasteiger partial charge is 0.472 e. The second kappa shape index (κ2) is 27.9. The van der Waals surface area contributed by atoms with E-state index in [1.807, 2.05) is 0 Å². The number of aliphatic hydroxyl groups excluding tert-OH is 1. The first-order valence-corrected chi connectivity index (χ1v) is 17.2. The number of hydrogen-bond donors (Lipinski definition) is 3. The molecular formula is C30H58NO8P. The van der Waals surface area contributed by atoms with E-state index < -0.39 is 26.5 Å². The lowest BCUT2D eigenvalue weighted by Gasteiger charge is -2.15. The van der Waals surface area contributed by atoms with Crippen LogP contribution in [-0.2, 0) is 27.9 Å². The molecule has 0 aliphatic heterocycles. The van der Waals surface area contributed by atoms with E-state index in [4.69, 9.17) is 13.8 Å². The number of nitrogens with one attached hydrogen (secondary N) is 1. The van der Waals surface area contributed by atoms with Crippen molar-refractivity contribution in [3.8, 4) is 0 Å². The van der Waals surface area contributed by atoms with Gasteiger partial charge in [-0.2, -0.15) is 0 Å². The Morgan fingerprint density at radius 2 is 1.27 bits per heavy atom. The van der Waals surface area contributed by atoms with Crippen molar-refractivity contribution in [3.63, 3.8) is 0 Å². The highest BCUT2D eigenvalue weighted by atomic mass is 31.2. The van der Waals surface area contributed by atoms with Crippen molar-refractivity contribution in [2.45, 2.75) is 142 Å². The van der Waals surface area contributed by atoms with Gasteiger partial charge in [-0.15, -0.1) is 0 Å². The van der Waals surface area contributed by atoms with E-state index in [0.717, 1.165) is 57.8 Å². The van der Waals surface area contributed by atoms with Crippen LogP contribution in [-0.4, -0.2) is 54.3 Å². The molecule has 10 heteroatoms. The second-order valence-electron chi connectivity index (χ2n) is 10.4. The number of aliphatic hydroxyl groups is 1. The summed E-state index contributed by atoms with van der Waals surface area (Å²) in [5, 5.41) is 12.5. The molecule has 2 atom stereocenters. The third-order valence-corrected chi connectivity index (χ3v) is 7.43. The molecule has 0 rings (SSSR count). The Hall–Kier alpha value is -1.25. The van der Waals surface area contributed by atoms with Gasteiger partial charge in [0, 0.05) is 19.4 Å². The van der Waals surface area contributed by atoms with Gasteiger partial charge in [-0.1, -0.05) is 96.6 Å². The minimum atomic E-state index is -4.39. The molecule has 0 aliphatic carbocycles. The Balaban J connectivity index is 3.68. The van der Waals surface area contributed by atoms with Crippen molar-refractivity contribution in [2.24, 2.45) is 0 Å². The lowest BCUT2D eigenvalue weighted by atomic mass is 10.1. The topological polar surface area (TPSA) is 131 Å². The van der Waals surface area contributed by atoms with Gasteiger partial charge in [-0.05, 0) is 38.5 Å². The van der Waals surface area contributed by atoms with Crippen molar-refractivity contribution in [1.29, 1.82) is 0 Å². The number of carbonyl (C=O) groups excluding carboxylic acids is 2. The molecule has 40 heavy (non-hydrogen) atoms. The summed E-state index contributed by atoms with van der Waals surface area (Å²) < 4.78 is 26.5. The Bertz CT molecular complexity index is 689. The van der Waals surface area contributed by atoms with Gasteiger partial charge in [0.05, 0.1) is 13.2 Å². The van der Waals surface area contributed by atoms with Crippen LogP contribution in [0.5, 0.6) is 0 Å². The SMILES string of the molecule is CCCCC/C=C\CCCCCCCC(=O)OCC(O)COP(=O)(O)OCCNC(=O)CCCCCCCCC. The average Bonchev–Trinajstić information content (AvgIpc) is 2.93. The van der Waals surface area contributed by atoms with Crippen molar-refractivity contribution in [3.05, 3.63) is 12.2 Å². The molecule has 0 aromatic carbocycles. The molecule has 236 valence electrons. The number of rotatable bonds is 29. The summed E-state index contributed by atoms with van der Waals surface area (Å²) in [6.07, 6.45) is 23.0. The maximum absolute atomic E-state index is 11.9. The van der Waals surface area contributed by atoms with Crippen LogP contribution in [0.4, 0.5) is 0 Å². The fraction of sp³-hybridized carbons (Fsp3) is 0.867. The smallest absolute Gasteiger partial charge is 0.463 e. The molecule has 2 unspecified atom stereocenters. The molecule has 0 radical (unpaired) electrons. The summed E-state index contributed by atoms with van der Waals surface area (Å²) in [5.41, 5.74) is 0. The Kier molecular flexibility index (Phi) is 27.0. The van der Waals surface area contributed by atoms with Gasteiger partial charge in [0.15, 0.2) is 0 Å². The van der Waals surface area contributed by atoms with Crippen LogP contribution in [0.2, 0.25) is 0 Å². The minimum absolute atomic E-state index is 0.0829. The molecule has 0 saturated heterocycles. The zero-order chi connectivity index (χ0) is 29.7. The number of amides is 1. The molecule has 0 aliphatic rings. The number of esters is 1. The summed E-state index contributed by atoms with van der Waals surface area (Å²) in [7, 11) is -4.39. The van der Waals surface area contributed by atoms with Gasteiger partial charge in [0.2, 0.25) is 5.91 Å². The highest BCUT2D eigenvalue weighted by molar-refractivity contribution is 7.47. The van der Waals surface area contributed by atoms with E-state index in [1.165, 1.54) is 51.4 Å². The monoisotopic (exact) mass is 591 g/mol. The number of hydrogen-bond acceptors (Lipinski definition) is 7. The molecule has 0 heterocycles. The van der Waals surface area contributed by atoms with E-state index >= 15 is 0 Å². The fourth-order valence-corrected chi connectivity index (χ4v) is 4.78. The number of phosphoric ester groups is 1. The quantitative estimate of drug-likeness (QED) is 0.0362. The number of unbranched alkanes of at least 4 members (excludes halogenated alkanes) is 14. The number of carbonyl (C=O) groups is 2. The third-order valence-electron chi connectivity index (χ3n) is 6.45. The van der Waals surface area contributed by atoms with Crippen molar-refractivity contribution >= 4 is 19.7 Å². The van der Waals surface area contributed by atoms with E-state index in [0.29, 0.717) is 6.42 Å². The molecule has 3 N–H and O–H groups in total. The van der Waals surface area contributed by atoms with Gasteiger partial charge in [0.1, 0.15) is 12.7 Å². The van der Waals surface area contributed by atoms with Crippen molar-refractivity contribution in [2.75, 3.05) is 26.4 Å². The molecule has 0 aromatic heterocycles. The Labute approximate surface area is 243 Å². The summed E-state index contributed by atoms with van der Waals surface area (Å²) in [6, 6.07) is 0. The molecule has 1 amide bonds. The van der Waals surface area contributed by atoms with Crippen LogP contribution in [0.1, 0.15) is 136 Å². The maximum atomic E-state index is 11.9. The van der Waals surface area contributed by atoms with E-state index in [1.54, 1.807) is 0 Å². The maximum Gasteiger partial charge on any atom is 0.472 e. The van der Waals surface area contributed by atoms with Gasteiger partial charge >= 0.3 is 13.8 Å². The van der Waals surface area contributed by atoms with E-state index in [9.17, 15) is 24.2 Å². The zero-order valence-corrected chi connectivity index (χ0v) is 26.2. The summed E-state index contributed by atoms with van der Waals surface area (Å²) in [6.45, 7) is 3.44. The van der Waals surface area contributed by atoms with E-state index in [-0.39, 0.29) is 32.1 Å². The predicted octanol–water partition coefficient (Wildman–Crippen LogP) is 7.15. The van der Waals surface area contributed by atoms with Crippen molar-refractivity contribution < 1.29 is 37.9 Å². The molecule has 9 nitrogen and oxygen atoms in total. The summed E-state index contributed by atoms with van der Waals surface area (Å²) in [4.78, 5) is 33.4. The lowest BCUT2D eigenvalue weighted by molar-refractivity contribution is -0.147. The molecule has 0 fully saturated rings. The highest BCUT2D eigenvalue weighted by Gasteiger charge is 2.23. The van der Waals surface area contributed by atoms with Gasteiger partial charge < -0.3 is 20.1 Å². The van der Waals surface area contributed by atoms with Crippen LogP contribution in [0.15, 0.2) is 12.2 Å². The minimum Gasteiger partial charge on any atom is -0.463 e. The molecule has 0 saturated carbocycles. The first-order valence-electron chi connectivity index (χ1n) is 15.7. The fourth-order valence-electron chi connectivity index (χ4n) is 4.02. The van der Waals surface area contributed by atoms with Crippen LogP contribution in [0, 0.1) is 0 Å². The normalized spacial score (nSPS) is 13.8.